The standard InChI is InChI=1S/C19H27N7O.HI/c1-3-17(27)26-9-8-16(12-26)24-19(20-4-2)21-11-14-6-5-7-15(10-14)18-22-13-23-25-18;/h5-7,10,13,16H,3-4,8-9,11-12H2,1-2H3,(H2,20,21,24)(H,22,23,25);1H. The summed E-state index contributed by atoms with van der Waals surface area (Å²) in [4.78, 5) is 22.7. The van der Waals surface area contributed by atoms with Crippen LogP contribution in [0.5, 0.6) is 0 Å². The van der Waals surface area contributed by atoms with Crippen molar-refractivity contribution in [3.63, 3.8) is 0 Å². The first-order valence-electron chi connectivity index (χ1n) is 9.47. The van der Waals surface area contributed by atoms with Gasteiger partial charge in [-0.25, -0.2) is 9.98 Å². The van der Waals surface area contributed by atoms with Crippen molar-refractivity contribution in [1.29, 1.82) is 0 Å². The van der Waals surface area contributed by atoms with E-state index < -0.39 is 0 Å². The van der Waals surface area contributed by atoms with Crippen LogP contribution in [-0.2, 0) is 11.3 Å². The van der Waals surface area contributed by atoms with E-state index >= 15 is 0 Å². The van der Waals surface area contributed by atoms with Crippen LogP contribution in [0.15, 0.2) is 35.6 Å². The number of H-pyrrole nitrogens is 1. The van der Waals surface area contributed by atoms with Crippen LogP contribution in [0.25, 0.3) is 11.4 Å². The lowest BCUT2D eigenvalue weighted by Crippen LogP contribution is -2.45. The Bertz CT molecular complexity index is 778. The van der Waals surface area contributed by atoms with Gasteiger partial charge in [0, 0.05) is 37.7 Å². The second kappa shape index (κ2) is 11.0. The number of nitrogens with one attached hydrogen (secondary N) is 3. The van der Waals surface area contributed by atoms with Crippen LogP contribution in [0.2, 0.25) is 0 Å². The molecule has 0 aliphatic carbocycles. The molecule has 1 aliphatic heterocycles. The fraction of sp³-hybridized carbons (Fsp3) is 0.474. The summed E-state index contributed by atoms with van der Waals surface area (Å²) >= 11 is 0. The molecule has 1 aromatic carbocycles. The fourth-order valence-corrected chi connectivity index (χ4v) is 3.17. The third-order valence-electron chi connectivity index (χ3n) is 4.56. The van der Waals surface area contributed by atoms with Crippen LogP contribution in [0, 0.1) is 0 Å². The highest BCUT2D eigenvalue weighted by Crippen LogP contribution is 2.16. The number of rotatable bonds is 6. The number of guanidine groups is 1. The molecular formula is C19H28IN7O. The molecule has 152 valence electrons. The topological polar surface area (TPSA) is 98.3 Å². The molecule has 1 amide bonds. The Morgan fingerprint density at radius 1 is 1.39 bits per heavy atom. The predicted octanol–water partition coefficient (Wildman–Crippen LogP) is 2.16. The van der Waals surface area contributed by atoms with Crippen LogP contribution in [-0.4, -0.2) is 57.6 Å². The van der Waals surface area contributed by atoms with E-state index in [1.807, 2.05) is 36.9 Å². The second-order valence-corrected chi connectivity index (χ2v) is 6.55. The number of amides is 1. The number of carbonyl (C=O) groups is 1. The number of carbonyl (C=O) groups excluding carboxylic acids is 1. The molecular weight excluding hydrogens is 469 g/mol. The Balaban J connectivity index is 0.00000280. The molecule has 2 heterocycles. The molecule has 1 atom stereocenters. The molecule has 3 N–H and O–H groups in total. The summed E-state index contributed by atoms with van der Waals surface area (Å²) in [5, 5.41) is 13.5. The molecule has 9 heteroatoms. The van der Waals surface area contributed by atoms with E-state index in [0.717, 1.165) is 49.0 Å². The fourth-order valence-electron chi connectivity index (χ4n) is 3.17. The number of benzene rings is 1. The van der Waals surface area contributed by atoms with Crippen LogP contribution < -0.4 is 10.6 Å². The Morgan fingerprint density at radius 2 is 2.25 bits per heavy atom. The van der Waals surface area contributed by atoms with E-state index in [9.17, 15) is 4.79 Å². The van der Waals surface area contributed by atoms with Gasteiger partial charge in [-0.15, -0.1) is 24.0 Å². The summed E-state index contributed by atoms with van der Waals surface area (Å²) in [5.74, 6) is 1.74. The molecule has 28 heavy (non-hydrogen) atoms. The number of aliphatic imine (C=N–C) groups is 1. The largest absolute Gasteiger partial charge is 0.357 e. The Labute approximate surface area is 182 Å². The SMILES string of the molecule is CCNC(=NCc1cccc(-c2ncn[nH]2)c1)NC1CCN(C(=O)CC)C1.I. The summed E-state index contributed by atoms with van der Waals surface area (Å²) in [7, 11) is 0. The molecule has 0 bridgehead atoms. The first kappa shape index (κ1) is 22.1. The summed E-state index contributed by atoms with van der Waals surface area (Å²) in [5.41, 5.74) is 2.08. The average molecular weight is 497 g/mol. The van der Waals surface area contributed by atoms with Crippen molar-refractivity contribution in [3.8, 4) is 11.4 Å². The van der Waals surface area contributed by atoms with E-state index in [-0.39, 0.29) is 35.9 Å². The van der Waals surface area contributed by atoms with Crippen molar-refractivity contribution in [3.05, 3.63) is 36.2 Å². The van der Waals surface area contributed by atoms with Crippen molar-refractivity contribution in [2.45, 2.75) is 39.3 Å². The van der Waals surface area contributed by atoms with Gasteiger partial charge in [0.1, 0.15) is 6.33 Å². The lowest BCUT2D eigenvalue weighted by Gasteiger charge is -2.18. The van der Waals surface area contributed by atoms with Gasteiger partial charge < -0.3 is 15.5 Å². The molecule has 1 aliphatic rings. The number of aromatic amines is 1. The third kappa shape index (κ3) is 5.91. The normalized spacial score (nSPS) is 16.6. The third-order valence-corrected chi connectivity index (χ3v) is 4.56. The van der Waals surface area contributed by atoms with Crippen LogP contribution in [0.4, 0.5) is 0 Å². The summed E-state index contributed by atoms with van der Waals surface area (Å²) < 4.78 is 0. The predicted molar refractivity (Wildman–Crippen MR) is 120 cm³/mol. The number of nitrogens with zero attached hydrogens (tertiary/aromatic N) is 4. The summed E-state index contributed by atoms with van der Waals surface area (Å²) in [6.45, 7) is 6.84. The van der Waals surface area contributed by atoms with Gasteiger partial charge in [-0.1, -0.05) is 25.1 Å². The summed E-state index contributed by atoms with van der Waals surface area (Å²) in [6.07, 6.45) is 3.00. The van der Waals surface area contributed by atoms with Crippen molar-refractivity contribution >= 4 is 35.8 Å². The monoisotopic (exact) mass is 497 g/mol. The van der Waals surface area contributed by atoms with Gasteiger partial charge in [-0.3, -0.25) is 9.89 Å². The minimum atomic E-state index is 0. The van der Waals surface area contributed by atoms with Gasteiger partial charge in [0.05, 0.1) is 6.54 Å². The number of hydrogen-bond acceptors (Lipinski definition) is 4. The minimum absolute atomic E-state index is 0. The molecule has 2 aromatic rings. The van der Waals surface area contributed by atoms with Gasteiger partial charge >= 0.3 is 0 Å². The molecule has 1 aromatic heterocycles. The van der Waals surface area contributed by atoms with E-state index in [0.29, 0.717) is 13.0 Å². The molecule has 1 saturated heterocycles. The van der Waals surface area contributed by atoms with Crippen LogP contribution in [0.1, 0.15) is 32.3 Å². The molecule has 1 unspecified atom stereocenters. The highest BCUT2D eigenvalue weighted by atomic mass is 127. The smallest absolute Gasteiger partial charge is 0.222 e. The van der Waals surface area contributed by atoms with Gasteiger partial charge in [0.25, 0.3) is 0 Å². The molecule has 8 nitrogen and oxygen atoms in total. The molecule has 0 spiro atoms. The molecule has 3 rings (SSSR count). The van der Waals surface area contributed by atoms with Gasteiger partial charge in [0.15, 0.2) is 11.8 Å². The Hall–Kier alpha value is -2.17. The number of hydrogen-bond donors (Lipinski definition) is 3. The van der Waals surface area contributed by atoms with E-state index in [2.05, 4.69) is 31.9 Å². The second-order valence-electron chi connectivity index (χ2n) is 6.55. The number of likely N-dealkylation sites (tertiary alicyclic amines) is 1. The molecule has 1 fully saturated rings. The van der Waals surface area contributed by atoms with E-state index in [4.69, 9.17) is 4.99 Å². The number of aromatic nitrogens is 3. The van der Waals surface area contributed by atoms with Crippen molar-refractivity contribution in [2.75, 3.05) is 19.6 Å². The van der Waals surface area contributed by atoms with Gasteiger partial charge in [-0.2, -0.15) is 5.10 Å². The highest BCUT2D eigenvalue weighted by Gasteiger charge is 2.25. The lowest BCUT2D eigenvalue weighted by atomic mass is 10.1. The summed E-state index contributed by atoms with van der Waals surface area (Å²) in [6, 6.07) is 8.33. The van der Waals surface area contributed by atoms with Crippen molar-refractivity contribution in [1.82, 2.24) is 30.7 Å². The van der Waals surface area contributed by atoms with Gasteiger partial charge in [-0.05, 0) is 25.0 Å². The average Bonchev–Trinajstić information content (AvgIpc) is 3.38. The highest BCUT2D eigenvalue weighted by molar-refractivity contribution is 14.0. The maximum absolute atomic E-state index is 11.9. The van der Waals surface area contributed by atoms with Crippen LogP contribution >= 0.6 is 24.0 Å². The first-order valence-corrected chi connectivity index (χ1v) is 9.47. The maximum atomic E-state index is 11.9. The Morgan fingerprint density at radius 3 is 2.96 bits per heavy atom. The van der Waals surface area contributed by atoms with E-state index in [1.165, 1.54) is 6.33 Å². The zero-order chi connectivity index (χ0) is 19.1. The van der Waals surface area contributed by atoms with Crippen LogP contribution in [0.3, 0.4) is 0 Å². The lowest BCUT2D eigenvalue weighted by molar-refractivity contribution is -0.129. The zero-order valence-electron chi connectivity index (χ0n) is 16.3. The first-order chi connectivity index (χ1) is 13.2. The molecule has 0 saturated carbocycles. The number of halogens is 1. The quantitative estimate of drug-likeness (QED) is 0.323. The van der Waals surface area contributed by atoms with E-state index in [1.54, 1.807) is 0 Å². The maximum Gasteiger partial charge on any atom is 0.222 e. The van der Waals surface area contributed by atoms with Gasteiger partial charge in [0.2, 0.25) is 5.91 Å². The van der Waals surface area contributed by atoms with Crippen molar-refractivity contribution < 1.29 is 4.79 Å². The van der Waals surface area contributed by atoms with Crippen molar-refractivity contribution in [2.24, 2.45) is 4.99 Å². The molecule has 0 radical (unpaired) electrons. The zero-order valence-corrected chi connectivity index (χ0v) is 18.6. The minimum Gasteiger partial charge on any atom is -0.357 e. The Kier molecular flexibility index (Phi) is 8.68.